The molecule has 1 heterocycles. The van der Waals surface area contributed by atoms with E-state index in [1.807, 2.05) is 25.1 Å². The number of fused-ring (bicyclic) bond motifs is 1. The number of carbonyl (C=O) groups excluding carboxylic acids is 1. The maximum absolute atomic E-state index is 12.3. The zero-order chi connectivity index (χ0) is 18.0. The highest BCUT2D eigenvalue weighted by atomic mass is 35.5. The molecule has 5 nitrogen and oxygen atoms in total. The standard InChI is InChI=1S/C18H19ClN4OS/c1-10-7-14-15(9-13(10)19)23-17(22-14)11-3-4-16(25)12(8-11)18(24)21-6-2-5-20/h3,7-9H,2,4-6,20H2,1H3,(H,21,24)(H,22,23). The zero-order valence-corrected chi connectivity index (χ0v) is 15.4. The molecule has 0 atom stereocenters. The van der Waals surface area contributed by atoms with Gasteiger partial charge in [0, 0.05) is 28.4 Å². The number of rotatable bonds is 5. The number of halogens is 1. The smallest absolute Gasteiger partial charge is 0.252 e. The summed E-state index contributed by atoms with van der Waals surface area (Å²) in [6, 6.07) is 3.80. The third-order valence-electron chi connectivity index (χ3n) is 4.05. The average Bonchev–Trinajstić information content (AvgIpc) is 2.98. The van der Waals surface area contributed by atoms with Gasteiger partial charge < -0.3 is 16.0 Å². The molecule has 0 fully saturated rings. The van der Waals surface area contributed by atoms with Crippen molar-refractivity contribution in [2.75, 3.05) is 13.1 Å². The van der Waals surface area contributed by atoms with Gasteiger partial charge in [-0.2, -0.15) is 0 Å². The van der Waals surface area contributed by atoms with E-state index in [0.29, 0.717) is 40.8 Å². The number of thiocarbonyl (C=S) groups is 1. The Labute approximate surface area is 156 Å². The zero-order valence-electron chi connectivity index (χ0n) is 13.9. The summed E-state index contributed by atoms with van der Waals surface area (Å²) in [5, 5.41) is 3.53. The van der Waals surface area contributed by atoms with E-state index < -0.39 is 0 Å². The van der Waals surface area contributed by atoms with Gasteiger partial charge in [0.25, 0.3) is 5.91 Å². The van der Waals surface area contributed by atoms with Crippen LogP contribution in [0.2, 0.25) is 5.02 Å². The van der Waals surface area contributed by atoms with Gasteiger partial charge in [0.15, 0.2) is 0 Å². The number of amides is 1. The van der Waals surface area contributed by atoms with Crippen molar-refractivity contribution in [2.45, 2.75) is 19.8 Å². The van der Waals surface area contributed by atoms with Gasteiger partial charge in [-0.25, -0.2) is 4.98 Å². The Morgan fingerprint density at radius 3 is 3.04 bits per heavy atom. The lowest BCUT2D eigenvalue weighted by molar-refractivity contribution is -0.116. The molecular weight excluding hydrogens is 356 g/mol. The van der Waals surface area contributed by atoms with Crippen molar-refractivity contribution < 1.29 is 4.79 Å². The predicted octanol–water partition coefficient (Wildman–Crippen LogP) is 3.07. The molecule has 3 rings (SSSR count). The number of nitrogens with two attached hydrogens (primary N) is 1. The number of nitrogens with one attached hydrogen (secondary N) is 2. The number of carbonyl (C=O) groups is 1. The van der Waals surface area contributed by atoms with Crippen LogP contribution in [-0.2, 0) is 4.79 Å². The summed E-state index contributed by atoms with van der Waals surface area (Å²) in [5.74, 6) is 0.533. The van der Waals surface area contributed by atoms with E-state index in [4.69, 9.17) is 29.6 Å². The van der Waals surface area contributed by atoms with E-state index >= 15 is 0 Å². The third kappa shape index (κ3) is 3.81. The van der Waals surface area contributed by atoms with Gasteiger partial charge in [-0.3, -0.25) is 4.79 Å². The minimum absolute atomic E-state index is 0.168. The Morgan fingerprint density at radius 2 is 2.28 bits per heavy atom. The van der Waals surface area contributed by atoms with Gasteiger partial charge in [-0.1, -0.05) is 29.9 Å². The third-order valence-corrected chi connectivity index (χ3v) is 4.85. The molecular formula is C18H19ClN4OS. The highest BCUT2D eigenvalue weighted by Gasteiger charge is 2.20. The van der Waals surface area contributed by atoms with Gasteiger partial charge in [0.1, 0.15) is 5.82 Å². The maximum Gasteiger partial charge on any atom is 0.252 e. The second kappa shape index (κ2) is 7.47. The van der Waals surface area contributed by atoms with Gasteiger partial charge in [0.2, 0.25) is 0 Å². The van der Waals surface area contributed by atoms with Gasteiger partial charge in [0.05, 0.1) is 16.6 Å². The Morgan fingerprint density at radius 1 is 1.48 bits per heavy atom. The van der Waals surface area contributed by atoms with Crippen LogP contribution in [0.5, 0.6) is 0 Å². The van der Waals surface area contributed by atoms with E-state index in [2.05, 4.69) is 15.3 Å². The van der Waals surface area contributed by atoms with E-state index in [-0.39, 0.29) is 5.91 Å². The lowest BCUT2D eigenvalue weighted by atomic mass is 9.98. The monoisotopic (exact) mass is 374 g/mol. The fraction of sp³-hybridized carbons (Fsp3) is 0.278. The summed E-state index contributed by atoms with van der Waals surface area (Å²) < 4.78 is 0. The molecule has 130 valence electrons. The number of aromatic nitrogens is 2. The van der Waals surface area contributed by atoms with Crippen molar-refractivity contribution in [3.05, 3.63) is 46.3 Å². The molecule has 1 aromatic heterocycles. The number of hydrogen-bond donors (Lipinski definition) is 3. The second-order valence-corrected chi connectivity index (χ2v) is 6.85. The van der Waals surface area contributed by atoms with Crippen molar-refractivity contribution >= 4 is 51.2 Å². The Bertz CT molecular complexity index is 874. The van der Waals surface area contributed by atoms with Crippen LogP contribution >= 0.6 is 23.8 Å². The lowest BCUT2D eigenvalue weighted by Crippen LogP contribution is -2.30. The first kappa shape index (κ1) is 17.8. The van der Waals surface area contributed by atoms with Crippen LogP contribution in [0.4, 0.5) is 0 Å². The summed E-state index contributed by atoms with van der Waals surface area (Å²) >= 11 is 11.5. The SMILES string of the molecule is Cc1cc2[nH]c(C3=CCC(=S)C(C(=O)NCCCN)=C3)nc2cc1Cl. The van der Waals surface area contributed by atoms with Crippen LogP contribution < -0.4 is 11.1 Å². The molecule has 2 aromatic rings. The summed E-state index contributed by atoms with van der Waals surface area (Å²) in [6.45, 7) is 3.02. The van der Waals surface area contributed by atoms with Gasteiger partial charge in [-0.15, -0.1) is 0 Å². The molecule has 0 saturated carbocycles. The van der Waals surface area contributed by atoms with Crippen LogP contribution in [0, 0.1) is 6.92 Å². The van der Waals surface area contributed by atoms with Crippen molar-refractivity contribution in [3.8, 4) is 0 Å². The van der Waals surface area contributed by atoms with Crippen LogP contribution in [-0.4, -0.2) is 33.8 Å². The fourth-order valence-electron chi connectivity index (χ4n) is 2.64. The number of aryl methyl sites for hydroxylation is 1. The van der Waals surface area contributed by atoms with E-state index in [9.17, 15) is 4.79 Å². The van der Waals surface area contributed by atoms with E-state index in [0.717, 1.165) is 28.6 Å². The highest BCUT2D eigenvalue weighted by molar-refractivity contribution is 7.81. The van der Waals surface area contributed by atoms with Gasteiger partial charge in [-0.05, 0) is 43.7 Å². The van der Waals surface area contributed by atoms with Crippen molar-refractivity contribution in [1.29, 1.82) is 0 Å². The highest BCUT2D eigenvalue weighted by Crippen LogP contribution is 2.27. The molecule has 0 radical (unpaired) electrons. The number of benzene rings is 1. The average molecular weight is 375 g/mol. The van der Waals surface area contributed by atoms with E-state index in [1.54, 1.807) is 6.08 Å². The number of hydrogen-bond acceptors (Lipinski definition) is 4. The molecule has 0 bridgehead atoms. The Balaban J connectivity index is 1.89. The molecule has 1 aliphatic carbocycles. The molecule has 25 heavy (non-hydrogen) atoms. The minimum atomic E-state index is -0.168. The Hall–Kier alpha value is -2.02. The second-order valence-electron chi connectivity index (χ2n) is 5.95. The molecule has 1 aromatic carbocycles. The number of aromatic amines is 1. The van der Waals surface area contributed by atoms with E-state index in [1.165, 1.54) is 0 Å². The first-order valence-electron chi connectivity index (χ1n) is 8.09. The molecule has 1 aliphatic rings. The number of H-pyrrole nitrogens is 1. The molecule has 0 spiro atoms. The molecule has 0 aliphatic heterocycles. The number of allylic oxidation sites excluding steroid dienone is 3. The van der Waals surface area contributed by atoms with Crippen molar-refractivity contribution in [2.24, 2.45) is 5.73 Å². The van der Waals surface area contributed by atoms with Crippen LogP contribution in [0.25, 0.3) is 16.6 Å². The van der Waals surface area contributed by atoms with Crippen LogP contribution in [0.15, 0.2) is 29.9 Å². The summed E-state index contributed by atoms with van der Waals surface area (Å²) in [5.41, 5.74) is 9.51. The maximum atomic E-state index is 12.3. The molecule has 0 saturated heterocycles. The topological polar surface area (TPSA) is 83.8 Å². The predicted molar refractivity (Wildman–Crippen MR) is 106 cm³/mol. The lowest BCUT2D eigenvalue weighted by Gasteiger charge is -2.14. The quantitative estimate of drug-likeness (QED) is 0.554. The summed E-state index contributed by atoms with van der Waals surface area (Å²) in [6.07, 6.45) is 5.04. The normalized spacial score (nSPS) is 14.4. The fourth-order valence-corrected chi connectivity index (χ4v) is 3.03. The number of nitrogens with zero attached hydrogens (tertiary/aromatic N) is 1. The Kier molecular flexibility index (Phi) is 5.32. The van der Waals surface area contributed by atoms with Gasteiger partial charge >= 0.3 is 0 Å². The summed E-state index contributed by atoms with van der Waals surface area (Å²) in [7, 11) is 0. The first-order chi connectivity index (χ1) is 12.0. The minimum Gasteiger partial charge on any atom is -0.352 e. The molecule has 7 heteroatoms. The van der Waals surface area contributed by atoms with Crippen molar-refractivity contribution in [3.63, 3.8) is 0 Å². The van der Waals surface area contributed by atoms with Crippen LogP contribution in [0.1, 0.15) is 24.2 Å². The number of imidazole rings is 1. The summed E-state index contributed by atoms with van der Waals surface area (Å²) in [4.78, 5) is 20.8. The molecule has 1 amide bonds. The van der Waals surface area contributed by atoms with Crippen molar-refractivity contribution in [1.82, 2.24) is 15.3 Å². The van der Waals surface area contributed by atoms with Crippen LogP contribution in [0.3, 0.4) is 0 Å². The molecule has 0 unspecified atom stereocenters. The molecule has 4 N–H and O–H groups in total. The first-order valence-corrected chi connectivity index (χ1v) is 8.87. The largest absolute Gasteiger partial charge is 0.352 e.